The maximum Gasteiger partial charge on any atom is -0.00738 e. The van der Waals surface area contributed by atoms with E-state index in [1.807, 2.05) is 19.9 Å². The monoisotopic (exact) mass is 250 g/mol. The van der Waals surface area contributed by atoms with Gasteiger partial charge in [0, 0.05) is 0 Å². The first-order chi connectivity index (χ1) is 9.31. The third kappa shape index (κ3) is 2.35. The molecule has 0 spiro atoms. The van der Waals surface area contributed by atoms with Crippen molar-refractivity contribution in [2.45, 2.75) is 33.6 Å². The average molecular weight is 250 g/mol. The quantitative estimate of drug-likeness (QED) is 0.610. The summed E-state index contributed by atoms with van der Waals surface area (Å²) >= 11 is 0. The van der Waals surface area contributed by atoms with Crippen molar-refractivity contribution in [2.75, 3.05) is 0 Å². The molecule has 0 N–H and O–H groups in total. The zero-order chi connectivity index (χ0) is 13.8. The maximum atomic E-state index is 3.83. The van der Waals surface area contributed by atoms with Gasteiger partial charge in [0.15, 0.2) is 0 Å². The van der Waals surface area contributed by atoms with Crippen LogP contribution >= 0.6 is 0 Å². The van der Waals surface area contributed by atoms with E-state index in [0.29, 0.717) is 0 Å². The average Bonchev–Trinajstić information content (AvgIpc) is 2.46. The van der Waals surface area contributed by atoms with Crippen molar-refractivity contribution in [3.05, 3.63) is 65.8 Å². The van der Waals surface area contributed by atoms with Crippen molar-refractivity contribution in [1.82, 2.24) is 0 Å². The van der Waals surface area contributed by atoms with E-state index in [4.69, 9.17) is 0 Å². The summed E-state index contributed by atoms with van der Waals surface area (Å²) in [6.45, 7) is 10.0. The number of benzene rings is 2. The highest BCUT2D eigenvalue weighted by Gasteiger charge is 2.17. The first-order valence-corrected chi connectivity index (χ1v) is 7.14. The number of hydrogen-bond donors (Lipinski definition) is 0. The fraction of sp³-hybridized carbons (Fsp3) is 0.263. The molecule has 2 aromatic rings. The molecule has 2 aromatic carbocycles. The van der Waals surface area contributed by atoms with E-state index in [0.717, 1.165) is 12.8 Å². The molecule has 98 valence electrons. The molecule has 0 amide bonds. The molecule has 0 saturated carbocycles. The Labute approximate surface area is 116 Å². The molecular formula is C19H22. The van der Waals surface area contributed by atoms with E-state index >= 15 is 0 Å². The van der Waals surface area contributed by atoms with Crippen LogP contribution in [-0.2, 0) is 6.42 Å². The van der Waals surface area contributed by atoms with Crippen molar-refractivity contribution in [2.24, 2.45) is 0 Å². The number of aryl methyl sites for hydroxylation is 2. The summed E-state index contributed by atoms with van der Waals surface area (Å²) in [6.07, 6.45) is 6.34. The summed E-state index contributed by atoms with van der Waals surface area (Å²) < 4.78 is 0. The molecule has 0 atom stereocenters. The maximum absolute atomic E-state index is 3.83. The molecule has 0 aliphatic heterocycles. The molecule has 19 heavy (non-hydrogen) atoms. The minimum absolute atomic E-state index is 1.13. The lowest BCUT2D eigenvalue weighted by atomic mass is 9.82. The first-order valence-electron chi connectivity index (χ1n) is 7.14. The lowest BCUT2D eigenvalue weighted by Gasteiger charge is -2.22. The predicted octanol–water partition coefficient (Wildman–Crippen LogP) is 5.69. The molecule has 3 rings (SSSR count). The lowest BCUT2D eigenvalue weighted by molar-refractivity contribution is 1.01. The lowest BCUT2D eigenvalue weighted by Crippen LogP contribution is -2.02. The van der Waals surface area contributed by atoms with Crippen molar-refractivity contribution < 1.29 is 0 Å². The van der Waals surface area contributed by atoms with Gasteiger partial charge in [0.2, 0.25) is 0 Å². The van der Waals surface area contributed by atoms with Gasteiger partial charge in [-0.15, -0.1) is 0 Å². The van der Waals surface area contributed by atoms with Gasteiger partial charge in [-0.25, -0.2) is 0 Å². The molecule has 1 aliphatic rings. The molecule has 0 nitrogen and oxygen atoms in total. The summed E-state index contributed by atoms with van der Waals surface area (Å²) in [5, 5.41) is 2.81. The molecule has 0 bridgehead atoms. The van der Waals surface area contributed by atoms with Gasteiger partial charge < -0.3 is 0 Å². The van der Waals surface area contributed by atoms with Crippen LogP contribution in [0.3, 0.4) is 0 Å². The third-order valence-electron chi connectivity index (χ3n) is 3.64. The van der Waals surface area contributed by atoms with E-state index in [9.17, 15) is 0 Å². The molecule has 0 heteroatoms. The van der Waals surface area contributed by atoms with Crippen LogP contribution in [0.15, 0.2) is 49.1 Å². The Morgan fingerprint density at radius 2 is 1.84 bits per heavy atom. The Balaban J connectivity index is 0.000000637. The van der Waals surface area contributed by atoms with E-state index < -0.39 is 0 Å². The van der Waals surface area contributed by atoms with Crippen molar-refractivity contribution >= 4 is 16.3 Å². The van der Waals surface area contributed by atoms with Gasteiger partial charge in [0.25, 0.3) is 0 Å². The zero-order valence-electron chi connectivity index (χ0n) is 12.2. The van der Waals surface area contributed by atoms with Crippen LogP contribution in [0.2, 0.25) is 0 Å². The minimum Gasteiger partial charge on any atom is -0.0991 e. The Morgan fingerprint density at radius 1 is 1.05 bits per heavy atom. The topological polar surface area (TPSA) is 0 Å². The molecule has 0 radical (unpaired) electrons. The summed E-state index contributed by atoms with van der Waals surface area (Å²) in [5.74, 6) is 0. The van der Waals surface area contributed by atoms with Gasteiger partial charge in [-0.3, -0.25) is 0 Å². The van der Waals surface area contributed by atoms with Crippen molar-refractivity contribution in [3.63, 3.8) is 0 Å². The molecule has 0 fully saturated rings. The standard InChI is InChI=1S/C17H16.C2H6/c1-3-5-13-10-11-15-7-4-6-14-9-8-12(2)16(13)17(14)15;1-2/h3-9H,1,10-11H2,2H3;1-2H3/b13-5-;. The van der Waals surface area contributed by atoms with Gasteiger partial charge in [0.05, 0.1) is 0 Å². The molecule has 0 saturated heterocycles. The van der Waals surface area contributed by atoms with Gasteiger partial charge in [-0.1, -0.05) is 62.9 Å². The second-order valence-electron chi connectivity index (χ2n) is 4.70. The van der Waals surface area contributed by atoms with E-state index in [2.05, 4.69) is 49.9 Å². The first kappa shape index (κ1) is 13.6. The van der Waals surface area contributed by atoms with Crippen molar-refractivity contribution in [3.8, 4) is 0 Å². The molecule has 0 aromatic heterocycles. The molecule has 0 heterocycles. The molecule has 1 aliphatic carbocycles. The second kappa shape index (κ2) is 5.88. The van der Waals surface area contributed by atoms with Crippen LogP contribution in [0.25, 0.3) is 16.3 Å². The van der Waals surface area contributed by atoms with Crippen LogP contribution in [0.4, 0.5) is 0 Å². The SMILES string of the molecule is C=C/C=C1/CCc2cccc3ccc(C)c1c23.CC. The molecular weight excluding hydrogens is 228 g/mol. The second-order valence-corrected chi connectivity index (χ2v) is 4.70. The largest absolute Gasteiger partial charge is 0.0991 e. The van der Waals surface area contributed by atoms with E-state index in [1.54, 1.807) is 0 Å². The number of rotatable bonds is 1. The van der Waals surface area contributed by atoms with Gasteiger partial charge in [-0.2, -0.15) is 0 Å². The Morgan fingerprint density at radius 3 is 2.58 bits per heavy atom. The fourth-order valence-corrected chi connectivity index (χ4v) is 2.88. The molecule has 0 unspecified atom stereocenters. The number of hydrogen-bond acceptors (Lipinski definition) is 0. The van der Waals surface area contributed by atoms with E-state index in [-0.39, 0.29) is 0 Å². The van der Waals surface area contributed by atoms with Crippen molar-refractivity contribution in [1.29, 1.82) is 0 Å². The van der Waals surface area contributed by atoms with Crippen LogP contribution in [0, 0.1) is 6.92 Å². The van der Waals surface area contributed by atoms with Gasteiger partial charge >= 0.3 is 0 Å². The van der Waals surface area contributed by atoms with Gasteiger partial charge in [0.1, 0.15) is 0 Å². The Bertz CT molecular complexity index is 630. The predicted molar refractivity (Wildman–Crippen MR) is 86.5 cm³/mol. The number of allylic oxidation sites excluding steroid dienone is 3. The highest BCUT2D eigenvalue weighted by molar-refractivity contribution is 5.99. The Hall–Kier alpha value is -1.82. The summed E-state index contributed by atoms with van der Waals surface area (Å²) in [6, 6.07) is 11.1. The van der Waals surface area contributed by atoms with Crippen LogP contribution in [0.1, 0.15) is 37.0 Å². The normalized spacial score (nSPS) is 15.0. The summed E-state index contributed by atoms with van der Waals surface area (Å²) in [5.41, 5.74) is 5.73. The highest BCUT2D eigenvalue weighted by atomic mass is 14.2. The minimum atomic E-state index is 1.13. The van der Waals surface area contributed by atoms with Gasteiger partial charge in [-0.05, 0) is 52.8 Å². The summed E-state index contributed by atoms with van der Waals surface area (Å²) in [4.78, 5) is 0. The van der Waals surface area contributed by atoms with Crippen LogP contribution in [0.5, 0.6) is 0 Å². The van der Waals surface area contributed by atoms with Crippen LogP contribution in [-0.4, -0.2) is 0 Å². The smallest absolute Gasteiger partial charge is 0.00738 e. The zero-order valence-corrected chi connectivity index (χ0v) is 12.2. The third-order valence-corrected chi connectivity index (χ3v) is 3.64. The highest BCUT2D eigenvalue weighted by Crippen LogP contribution is 2.37. The van der Waals surface area contributed by atoms with Crippen LogP contribution < -0.4 is 0 Å². The summed E-state index contributed by atoms with van der Waals surface area (Å²) in [7, 11) is 0. The fourth-order valence-electron chi connectivity index (χ4n) is 2.88. The van der Waals surface area contributed by atoms with E-state index in [1.165, 1.54) is 33.0 Å². The Kier molecular flexibility index (Phi) is 4.21.